The molecule has 1 atom stereocenters. The Labute approximate surface area is 164 Å². The van der Waals surface area contributed by atoms with E-state index in [1.165, 1.54) is 16.9 Å². The van der Waals surface area contributed by atoms with Crippen LogP contribution < -0.4 is 5.56 Å². The van der Waals surface area contributed by atoms with Crippen LogP contribution in [0.25, 0.3) is 10.2 Å². The maximum absolute atomic E-state index is 12.7. The Morgan fingerprint density at radius 2 is 2.00 bits per heavy atom. The Hall–Kier alpha value is -1.28. The number of ether oxygens (including phenoxy) is 1. The molecule has 6 nitrogen and oxygen atoms in total. The average molecular weight is 394 g/mol. The Kier molecular flexibility index (Phi) is 6.68. The number of thiophene rings is 1. The molecule has 1 unspecified atom stereocenters. The third-order valence-electron chi connectivity index (χ3n) is 5.02. The summed E-state index contributed by atoms with van der Waals surface area (Å²) in [5.74, 6) is 0.664. The summed E-state index contributed by atoms with van der Waals surface area (Å²) in [6.07, 6.45) is 3.92. The lowest BCUT2D eigenvalue weighted by Gasteiger charge is -2.28. The lowest BCUT2D eigenvalue weighted by atomic mass is 9.97. The number of aliphatic hydroxyl groups excluding tert-OH is 1. The van der Waals surface area contributed by atoms with Crippen LogP contribution in [0.4, 0.5) is 0 Å². The number of hydrogen-bond acceptors (Lipinski definition) is 6. The van der Waals surface area contributed by atoms with E-state index in [-0.39, 0.29) is 17.7 Å². The minimum atomic E-state index is -0.570. The molecule has 3 rings (SSSR count). The number of fused-ring (bicyclic) bond motifs is 3. The van der Waals surface area contributed by atoms with Crippen molar-refractivity contribution >= 4 is 21.6 Å². The van der Waals surface area contributed by atoms with Gasteiger partial charge in [0.2, 0.25) is 0 Å². The first-order valence-electron chi connectivity index (χ1n) is 9.92. The molecule has 0 saturated heterocycles. The van der Waals surface area contributed by atoms with Crippen LogP contribution in [0.1, 0.15) is 56.8 Å². The molecule has 2 heterocycles. The molecule has 0 radical (unpaired) electrons. The summed E-state index contributed by atoms with van der Waals surface area (Å²) >= 11 is 1.67. The number of H-pyrrole nitrogens is 1. The first-order valence-corrected chi connectivity index (χ1v) is 10.7. The van der Waals surface area contributed by atoms with Crippen LogP contribution in [0.3, 0.4) is 0 Å². The Morgan fingerprint density at radius 1 is 1.26 bits per heavy atom. The van der Waals surface area contributed by atoms with Gasteiger partial charge >= 0.3 is 0 Å². The van der Waals surface area contributed by atoms with E-state index in [2.05, 4.69) is 23.7 Å². The molecule has 0 amide bonds. The zero-order chi connectivity index (χ0) is 19.6. The predicted molar refractivity (Wildman–Crippen MR) is 110 cm³/mol. The standard InChI is InChI=1S/C20H31N3O3S/c1-12(2)23(9-14(24)11-26-13(3)4)10-17-21-19(25)18-15-7-5-6-8-16(15)27-20(18)22-17/h12-14,24H,5-11H2,1-4H3,(H,21,22,25). The van der Waals surface area contributed by atoms with Gasteiger partial charge in [-0.2, -0.15) is 0 Å². The molecule has 2 aromatic rings. The second kappa shape index (κ2) is 8.82. The van der Waals surface area contributed by atoms with Gasteiger partial charge in [-0.15, -0.1) is 11.3 Å². The quantitative estimate of drug-likeness (QED) is 0.721. The van der Waals surface area contributed by atoms with Gasteiger partial charge in [0.1, 0.15) is 10.7 Å². The third-order valence-corrected chi connectivity index (χ3v) is 6.21. The van der Waals surface area contributed by atoms with Gasteiger partial charge in [0.15, 0.2) is 0 Å². The SMILES string of the molecule is CC(C)OCC(O)CN(Cc1nc2sc3c(c2c(=O)[nH]1)CCCC3)C(C)C. The molecule has 0 saturated carbocycles. The van der Waals surface area contributed by atoms with E-state index in [9.17, 15) is 9.90 Å². The highest BCUT2D eigenvalue weighted by Crippen LogP contribution is 2.33. The van der Waals surface area contributed by atoms with E-state index < -0.39 is 6.10 Å². The summed E-state index contributed by atoms with van der Waals surface area (Å²) in [6, 6.07) is 0.219. The van der Waals surface area contributed by atoms with E-state index in [0.717, 1.165) is 29.5 Å². The largest absolute Gasteiger partial charge is 0.389 e. The number of aliphatic hydroxyl groups is 1. The molecule has 1 aliphatic rings. The van der Waals surface area contributed by atoms with Crippen molar-refractivity contribution in [3.05, 3.63) is 26.6 Å². The minimum absolute atomic E-state index is 0.0261. The lowest BCUT2D eigenvalue weighted by Crippen LogP contribution is -2.39. The number of aromatic amines is 1. The van der Waals surface area contributed by atoms with Gasteiger partial charge in [-0.1, -0.05) is 0 Å². The first-order chi connectivity index (χ1) is 12.8. The summed E-state index contributed by atoms with van der Waals surface area (Å²) in [6.45, 7) is 9.36. The van der Waals surface area contributed by atoms with Crippen molar-refractivity contribution in [1.82, 2.24) is 14.9 Å². The van der Waals surface area contributed by atoms with E-state index in [0.29, 0.717) is 25.5 Å². The zero-order valence-corrected chi connectivity index (χ0v) is 17.6. The maximum Gasteiger partial charge on any atom is 0.259 e. The molecule has 0 fully saturated rings. The summed E-state index contributed by atoms with van der Waals surface area (Å²) in [4.78, 5) is 24.7. The van der Waals surface area contributed by atoms with Gasteiger partial charge in [-0.25, -0.2) is 4.98 Å². The molecular formula is C20H31N3O3S. The van der Waals surface area contributed by atoms with Crippen LogP contribution in [-0.4, -0.2) is 51.4 Å². The lowest BCUT2D eigenvalue weighted by molar-refractivity contribution is -0.0140. The first kappa shape index (κ1) is 20.5. The van der Waals surface area contributed by atoms with E-state index in [1.54, 1.807) is 11.3 Å². The molecule has 150 valence electrons. The van der Waals surface area contributed by atoms with Gasteiger partial charge in [0.05, 0.1) is 30.7 Å². The topological polar surface area (TPSA) is 78.5 Å². The van der Waals surface area contributed by atoms with Crippen molar-refractivity contribution < 1.29 is 9.84 Å². The number of hydrogen-bond donors (Lipinski definition) is 2. The van der Waals surface area contributed by atoms with Crippen LogP contribution in [0.2, 0.25) is 0 Å². The molecule has 1 aliphatic carbocycles. The minimum Gasteiger partial charge on any atom is -0.389 e. The van der Waals surface area contributed by atoms with Crippen molar-refractivity contribution in [1.29, 1.82) is 0 Å². The van der Waals surface area contributed by atoms with Crippen molar-refractivity contribution in [2.45, 2.75) is 78.2 Å². The highest BCUT2D eigenvalue weighted by atomic mass is 32.1. The second-order valence-corrected chi connectivity index (χ2v) is 9.05. The molecule has 2 N–H and O–H groups in total. The van der Waals surface area contributed by atoms with Crippen molar-refractivity contribution in [2.24, 2.45) is 0 Å². The molecular weight excluding hydrogens is 362 g/mol. The van der Waals surface area contributed by atoms with Gasteiger partial charge in [-0.05, 0) is 58.9 Å². The monoisotopic (exact) mass is 393 g/mol. The highest BCUT2D eigenvalue weighted by molar-refractivity contribution is 7.18. The average Bonchev–Trinajstić information content (AvgIpc) is 2.98. The van der Waals surface area contributed by atoms with E-state index in [1.807, 2.05) is 13.8 Å². The van der Waals surface area contributed by atoms with Gasteiger partial charge in [0.25, 0.3) is 5.56 Å². The van der Waals surface area contributed by atoms with Crippen LogP contribution in [0.5, 0.6) is 0 Å². The van der Waals surface area contributed by atoms with Crippen LogP contribution in [0, 0.1) is 0 Å². The molecule has 0 bridgehead atoms. The van der Waals surface area contributed by atoms with Crippen LogP contribution >= 0.6 is 11.3 Å². The molecule has 7 heteroatoms. The fourth-order valence-electron chi connectivity index (χ4n) is 3.56. The number of aromatic nitrogens is 2. The summed E-state index contributed by atoms with van der Waals surface area (Å²) in [7, 11) is 0. The van der Waals surface area contributed by atoms with Crippen molar-refractivity contribution in [3.8, 4) is 0 Å². The fourth-order valence-corrected chi connectivity index (χ4v) is 4.84. The number of nitrogens with zero attached hydrogens (tertiary/aromatic N) is 2. The Bertz CT molecular complexity index is 828. The van der Waals surface area contributed by atoms with E-state index in [4.69, 9.17) is 9.72 Å². The summed E-state index contributed by atoms with van der Waals surface area (Å²) < 4.78 is 5.51. The van der Waals surface area contributed by atoms with Crippen LogP contribution in [-0.2, 0) is 24.1 Å². The normalized spacial score (nSPS) is 15.9. The molecule has 0 aromatic carbocycles. The molecule has 0 spiro atoms. The van der Waals surface area contributed by atoms with Gasteiger partial charge in [-0.3, -0.25) is 9.69 Å². The molecule has 2 aromatic heterocycles. The summed E-state index contributed by atoms with van der Waals surface area (Å²) in [5, 5.41) is 11.1. The maximum atomic E-state index is 12.7. The van der Waals surface area contributed by atoms with Crippen molar-refractivity contribution in [3.63, 3.8) is 0 Å². The molecule has 0 aliphatic heterocycles. The second-order valence-electron chi connectivity index (χ2n) is 7.96. The number of nitrogens with one attached hydrogen (secondary N) is 1. The third kappa shape index (κ3) is 4.96. The number of rotatable bonds is 8. The Balaban J connectivity index is 1.78. The highest BCUT2D eigenvalue weighted by Gasteiger charge is 2.21. The fraction of sp³-hybridized carbons (Fsp3) is 0.700. The number of aryl methyl sites for hydroxylation is 2. The Morgan fingerprint density at radius 3 is 2.70 bits per heavy atom. The van der Waals surface area contributed by atoms with Gasteiger partial charge in [0, 0.05) is 17.5 Å². The smallest absolute Gasteiger partial charge is 0.259 e. The van der Waals surface area contributed by atoms with E-state index >= 15 is 0 Å². The predicted octanol–water partition coefficient (Wildman–Crippen LogP) is 2.86. The zero-order valence-electron chi connectivity index (χ0n) is 16.7. The van der Waals surface area contributed by atoms with Crippen molar-refractivity contribution in [2.75, 3.05) is 13.2 Å². The van der Waals surface area contributed by atoms with Gasteiger partial charge < -0.3 is 14.8 Å². The summed E-state index contributed by atoms with van der Waals surface area (Å²) in [5.41, 5.74) is 1.19. The molecule has 27 heavy (non-hydrogen) atoms. The van der Waals surface area contributed by atoms with Crippen LogP contribution in [0.15, 0.2) is 4.79 Å².